The second-order valence-corrected chi connectivity index (χ2v) is 11.7. The molecule has 9 nitrogen and oxygen atoms in total. The molecule has 0 bridgehead atoms. The maximum Gasteiger partial charge on any atom is 0.407 e. The molecular weight excluding hydrogens is 550 g/mol. The summed E-state index contributed by atoms with van der Waals surface area (Å²) in [5.74, 6) is -0.832. The van der Waals surface area contributed by atoms with Crippen molar-refractivity contribution in [2.45, 2.75) is 39.8 Å². The predicted octanol–water partition coefficient (Wildman–Crippen LogP) is 6.64. The van der Waals surface area contributed by atoms with Gasteiger partial charge in [0, 0.05) is 40.5 Å². The van der Waals surface area contributed by atoms with Crippen LogP contribution in [0.2, 0.25) is 0 Å². The highest BCUT2D eigenvalue weighted by atomic mass is 32.1. The first-order chi connectivity index (χ1) is 20.0. The summed E-state index contributed by atoms with van der Waals surface area (Å²) in [7, 11) is 0. The van der Waals surface area contributed by atoms with Crippen molar-refractivity contribution in [3.63, 3.8) is 0 Å². The Morgan fingerprint density at radius 2 is 1.76 bits per heavy atom. The number of ether oxygens (including phenoxy) is 1. The van der Waals surface area contributed by atoms with Gasteiger partial charge in [0.1, 0.15) is 5.60 Å². The van der Waals surface area contributed by atoms with E-state index in [1.165, 1.54) is 11.3 Å². The Kier molecular flexibility index (Phi) is 7.82. The number of nitrogens with zero attached hydrogens (tertiary/aromatic N) is 1. The molecule has 5 aromatic rings. The van der Waals surface area contributed by atoms with Crippen LogP contribution >= 0.6 is 11.3 Å². The number of nitrogens with two attached hydrogens (primary N) is 1. The topological polar surface area (TPSA) is 139 Å². The molecule has 10 heteroatoms. The van der Waals surface area contributed by atoms with E-state index in [0.717, 1.165) is 38.9 Å². The van der Waals surface area contributed by atoms with Gasteiger partial charge in [-0.15, -0.1) is 11.3 Å². The Labute approximate surface area is 247 Å². The predicted molar refractivity (Wildman–Crippen MR) is 166 cm³/mol. The number of alkyl carbamates (subject to hydrolysis) is 1. The third kappa shape index (κ3) is 6.03. The summed E-state index contributed by atoms with van der Waals surface area (Å²) in [4.78, 5) is 44.9. The fourth-order valence-electron chi connectivity index (χ4n) is 4.80. The molecule has 0 atom stereocenters. The molecule has 5 N–H and O–H groups in total. The SMILES string of the molecule is Cc1c(NC(=O)c2nccs2)cccc1-c1ccc(C(N)=O)c2[nH]c(-c3ccccc3CNC(=O)OC(C)(C)C)cc12. The zero-order chi connectivity index (χ0) is 30.0. The van der Waals surface area contributed by atoms with E-state index in [9.17, 15) is 14.4 Å². The minimum atomic E-state index is -0.610. The summed E-state index contributed by atoms with van der Waals surface area (Å²) in [6.45, 7) is 7.61. The van der Waals surface area contributed by atoms with E-state index in [2.05, 4.69) is 20.6 Å². The molecule has 2 heterocycles. The van der Waals surface area contributed by atoms with E-state index < -0.39 is 17.6 Å². The van der Waals surface area contributed by atoms with E-state index in [1.807, 2.05) is 82.3 Å². The number of aromatic amines is 1. The molecule has 3 aromatic carbocycles. The Morgan fingerprint density at radius 1 is 1.00 bits per heavy atom. The van der Waals surface area contributed by atoms with Crippen LogP contribution in [0.3, 0.4) is 0 Å². The van der Waals surface area contributed by atoms with E-state index in [0.29, 0.717) is 21.8 Å². The maximum atomic E-state index is 12.7. The summed E-state index contributed by atoms with van der Waals surface area (Å²) in [6, 6.07) is 18.9. The number of aromatic nitrogens is 2. The van der Waals surface area contributed by atoms with Crippen LogP contribution in [-0.2, 0) is 11.3 Å². The average Bonchev–Trinajstić information content (AvgIpc) is 3.63. The van der Waals surface area contributed by atoms with Gasteiger partial charge in [-0.2, -0.15) is 0 Å². The van der Waals surface area contributed by atoms with E-state index in [4.69, 9.17) is 10.5 Å². The second-order valence-electron chi connectivity index (χ2n) is 10.8. The molecular formula is C32H31N5O4S. The van der Waals surface area contributed by atoms with Gasteiger partial charge in [-0.05, 0) is 68.1 Å². The van der Waals surface area contributed by atoms with Crippen molar-refractivity contribution in [1.29, 1.82) is 0 Å². The largest absolute Gasteiger partial charge is 0.444 e. The number of benzene rings is 3. The van der Waals surface area contributed by atoms with Gasteiger partial charge in [-0.25, -0.2) is 9.78 Å². The van der Waals surface area contributed by atoms with Gasteiger partial charge >= 0.3 is 6.09 Å². The lowest BCUT2D eigenvalue weighted by Crippen LogP contribution is -2.32. The van der Waals surface area contributed by atoms with Gasteiger partial charge in [0.2, 0.25) is 0 Å². The van der Waals surface area contributed by atoms with Crippen molar-refractivity contribution >= 4 is 45.8 Å². The van der Waals surface area contributed by atoms with Crippen LogP contribution in [0.4, 0.5) is 10.5 Å². The molecule has 0 saturated heterocycles. The van der Waals surface area contributed by atoms with Crippen molar-refractivity contribution in [1.82, 2.24) is 15.3 Å². The highest BCUT2D eigenvalue weighted by Gasteiger charge is 2.20. The number of H-pyrrole nitrogens is 1. The zero-order valence-corrected chi connectivity index (χ0v) is 24.5. The number of carbonyl (C=O) groups excluding carboxylic acids is 3. The van der Waals surface area contributed by atoms with Crippen LogP contribution in [0.25, 0.3) is 33.3 Å². The van der Waals surface area contributed by atoms with Crippen LogP contribution < -0.4 is 16.4 Å². The quantitative estimate of drug-likeness (QED) is 0.171. The molecule has 0 aliphatic heterocycles. The maximum absolute atomic E-state index is 12.7. The fraction of sp³-hybridized carbons (Fsp3) is 0.188. The van der Waals surface area contributed by atoms with Crippen LogP contribution in [0.15, 0.2) is 72.2 Å². The van der Waals surface area contributed by atoms with E-state index >= 15 is 0 Å². The lowest BCUT2D eigenvalue weighted by molar-refractivity contribution is 0.0523. The summed E-state index contributed by atoms with van der Waals surface area (Å²) in [6.07, 6.45) is 1.08. The molecule has 3 amide bonds. The minimum absolute atomic E-state index is 0.246. The van der Waals surface area contributed by atoms with Crippen molar-refractivity contribution in [2.24, 2.45) is 5.73 Å². The van der Waals surface area contributed by atoms with Crippen molar-refractivity contribution in [2.75, 3.05) is 5.32 Å². The van der Waals surface area contributed by atoms with Gasteiger partial charge in [0.05, 0.1) is 11.1 Å². The average molecular weight is 582 g/mol. The number of rotatable bonds is 7. The fourth-order valence-corrected chi connectivity index (χ4v) is 5.33. The first-order valence-corrected chi connectivity index (χ1v) is 14.2. The molecule has 42 heavy (non-hydrogen) atoms. The third-order valence-corrected chi connectivity index (χ3v) is 7.46. The lowest BCUT2D eigenvalue weighted by Gasteiger charge is -2.20. The van der Waals surface area contributed by atoms with Gasteiger partial charge in [0.25, 0.3) is 11.8 Å². The number of hydrogen-bond donors (Lipinski definition) is 4. The highest BCUT2D eigenvalue weighted by molar-refractivity contribution is 7.11. The summed E-state index contributed by atoms with van der Waals surface area (Å²) >= 11 is 1.27. The Balaban J connectivity index is 1.55. The van der Waals surface area contributed by atoms with Crippen LogP contribution in [0.1, 0.15) is 52.1 Å². The normalized spacial score (nSPS) is 11.3. The van der Waals surface area contributed by atoms with E-state index in [-0.39, 0.29) is 12.5 Å². The summed E-state index contributed by atoms with van der Waals surface area (Å²) in [5.41, 5.74) is 11.9. The zero-order valence-electron chi connectivity index (χ0n) is 23.7. The molecule has 5 rings (SSSR count). The van der Waals surface area contributed by atoms with Crippen molar-refractivity contribution < 1.29 is 19.1 Å². The van der Waals surface area contributed by atoms with Gasteiger partial charge < -0.3 is 26.1 Å². The second kappa shape index (κ2) is 11.5. The molecule has 0 unspecified atom stereocenters. The minimum Gasteiger partial charge on any atom is -0.444 e. The number of carbonyl (C=O) groups is 3. The first kappa shape index (κ1) is 28.6. The van der Waals surface area contributed by atoms with Crippen LogP contribution in [0, 0.1) is 6.92 Å². The highest BCUT2D eigenvalue weighted by Crippen LogP contribution is 2.38. The van der Waals surface area contributed by atoms with Crippen molar-refractivity contribution in [3.8, 4) is 22.4 Å². The molecule has 2 aromatic heterocycles. The molecule has 0 radical (unpaired) electrons. The number of amides is 3. The van der Waals surface area contributed by atoms with Gasteiger partial charge in [0.15, 0.2) is 5.01 Å². The van der Waals surface area contributed by atoms with Crippen molar-refractivity contribution in [3.05, 3.63) is 93.9 Å². The first-order valence-electron chi connectivity index (χ1n) is 13.3. The number of fused-ring (bicyclic) bond motifs is 1. The number of primary amides is 1. The molecule has 0 fully saturated rings. The van der Waals surface area contributed by atoms with Gasteiger partial charge in [-0.3, -0.25) is 9.59 Å². The number of nitrogens with one attached hydrogen (secondary N) is 3. The third-order valence-electron chi connectivity index (χ3n) is 6.69. The summed E-state index contributed by atoms with van der Waals surface area (Å²) in [5, 5.41) is 8.70. The molecule has 0 aliphatic carbocycles. The number of anilines is 1. The number of thiazole rings is 1. The molecule has 0 aliphatic rings. The van der Waals surface area contributed by atoms with Crippen LogP contribution in [0.5, 0.6) is 0 Å². The lowest BCUT2D eigenvalue weighted by atomic mass is 9.94. The number of hydrogen-bond acceptors (Lipinski definition) is 6. The van der Waals surface area contributed by atoms with Crippen LogP contribution in [-0.4, -0.2) is 33.5 Å². The molecule has 214 valence electrons. The smallest absolute Gasteiger partial charge is 0.407 e. The van der Waals surface area contributed by atoms with E-state index in [1.54, 1.807) is 17.6 Å². The monoisotopic (exact) mass is 581 g/mol. The van der Waals surface area contributed by atoms with Gasteiger partial charge in [-0.1, -0.05) is 42.5 Å². The Bertz CT molecular complexity index is 1800. The standard InChI is InChI=1S/C32H31N5O4S/c1-18-20(10-7-11-25(18)37-29(39)30-34-14-15-42-30)22-12-13-23(28(33)38)27-24(22)16-26(36-27)21-9-6-5-8-19(21)17-35-31(40)41-32(2,3)4/h5-16,36H,17H2,1-4H3,(H2,33,38)(H,35,40)(H,37,39). The Morgan fingerprint density at radius 3 is 2.48 bits per heavy atom. The molecule has 0 saturated carbocycles. The Hall–Kier alpha value is -4.96. The molecule has 0 spiro atoms. The summed E-state index contributed by atoms with van der Waals surface area (Å²) < 4.78 is 5.39.